The Balaban J connectivity index is 1.83. The van der Waals surface area contributed by atoms with Gasteiger partial charge in [0.2, 0.25) is 0 Å². The van der Waals surface area contributed by atoms with Gasteiger partial charge < -0.3 is 19.4 Å². The van der Waals surface area contributed by atoms with Crippen LogP contribution in [-0.4, -0.2) is 34.9 Å². The molecule has 1 aromatic heterocycles. The van der Waals surface area contributed by atoms with Gasteiger partial charge in [0.1, 0.15) is 6.33 Å². The topological polar surface area (TPSA) is 78.3 Å². The van der Waals surface area contributed by atoms with E-state index in [2.05, 4.69) is 15.5 Å². The number of hydrogen-bond donors (Lipinski definition) is 1. The zero-order valence-corrected chi connectivity index (χ0v) is 14.2. The fourth-order valence-electron chi connectivity index (χ4n) is 2.46. The smallest absolute Gasteiger partial charge is 0.255 e. The van der Waals surface area contributed by atoms with E-state index in [0.29, 0.717) is 22.7 Å². The number of ether oxygens (including phenoxy) is 2. The summed E-state index contributed by atoms with van der Waals surface area (Å²) in [6, 6.07) is 12.5. The monoisotopic (exact) mass is 338 g/mol. The highest BCUT2D eigenvalue weighted by Crippen LogP contribution is 2.28. The molecule has 0 fully saturated rings. The lowest BCUT2D eigenvalue weighted by Gasteiger charge is -2.10. The van der Waals surface area contributed by atoms with Crippen molar-refractivity contribution in [2.24, 2.45) is 7.05 Å². The maximum atomic E-state index is 12.5. The predicted octanol–water partition coefficient (Wildman–Crippen LogP) is 2.75. The van der Waals surface area contributed by atoms with Gasteiger partial charge in [-0.05, 0) is 30.3 Å². The molecule has 0 radical (unpaired) electrons. The summed E-state index contributed by atoms with van der Waals surface area (Å²) >= 11 is 0. The second-order valence-corrected chi connectivity index (χ2v) is 5.37. The second-order valence-electron chi connectivity index (χ2n) is 5.37. The molecule has 25 heavy (non-hydrogen) atoms. The van der Waals surface area contributed by atoms with Crippen LogP contribution in [-0.2, 0) is 7.05 Å². The number of anilines is 1. The number of aryl methyl sites for hydroxylation is 1. The minimum Gasteiger partial charge on any atom is -0.493 e. The third kappa shape index (κ3) is 3.45. The standard InChI is InChI=1S/C18H18N4O3/c1-22-11-19-21-17(22)12-5-4-6-14(9-12)20-18(23)13-7-8-15(24-2)16(10-13)25-3/h4-11H,1-3H3,(H,20,23). The SMILES string of the molecule is COc1ccc(C(=O)Nc2cccc(-c3nncn3C)c2)cc1OC. The van der Waals surface area contributed by atoms with Crippen LogP contribution in [0, 0.1) is 0 Å². The summed E-state index contributed by atoms with van der Waals surface area (Å²) in [6.07, 6.45) is 1.63. The Morgan fingerprint density at radius 1 is 1.08 bits per heavy atom. The predicted molar refractivity (Wildman–Crippen MR) is 93.9 cm³/mol. The zero-order chi connectivity index (χ0) is 17.8. The Morgan fingerprint density at radius 2 is 1.88 bits per heavy atom. The van der Waals surface area contributed by atoms with E-state index in [9.17, 15) is 4.79 Å². The molecule has 0 saturated carbocycles. The molecule has 128 valence electrons. The largest absolute Gasteiger partial charge is 0.493 e. The van der Waals surface area contributed by atoms with Crippen molar-refractivity contribution in [3.8, 4) is 22.9 Å². The first-order valence-corrected chi connectivity index (χ1v) is 7.60. The number of carbonyl (C=O) groups excluding carboxylic acids is 1. The van der Waals surface area contributed by atoms with Crippen LogP contribution in [0.15, 0.2) is 48.8 Å². The Bertz CT molecular complexity index is 905. The Morgan fingerprint density at radius 3 is 2.56 bits per heavy atom. The highest BCUT2D eigenvalue weighted by Gasteiger charge is 2.12. The lowest BCUT2D eigenvalue weighted by Crippen LogP contribution is -2.12. The first-order valence-electron chi connectivity index (χ1n) is 7.60. The van der Waals surface area contributed by atoms with Crippen LogP contribution in [0.2, 0.25) is 0 Å². The number of aromatic nitrogens is 3. The molecular weight excluding hydrogens is 320 g/mol. The summed E-state index contributed by atoms with van der Waals surface area (Å²) in [6.45, 7) is 0. The number of amides is 1. The van der Waals surface area contributed by atoms with Crippen molar-refractivity contribution < 1.29 is 14.3 Å². The average molecular weight is 338 g/mol. The summed E-state index contributed by atoms with van der Waals surface area (Å²) in [7, 11) is 4.95. The fraction of sp³-hybridized carbons (Fsp3) is 0.167. The molecule has 3 aromatic rings. The Labute approximate surface area is 145 Å². The number of methoxy groups -OCH3 is 2. The van der Waals surface area contributed by atoms with Gasteiger partial charge in [0.25, 0.3) is 5.91 Å². The Kier molecular flexibility index (Phi) is 4.65. The van der Waals surface area contributed by atoms with Gasteiger partial charge in [-0.1, -0.05) is 12.1 Å². The van der Waals surface area contributed by atoms with E-state index >= 15 is 0 Å². The molecule has 7 nitrogen and oxygen atoms in total. The first-order chi connectivity index (χ1) is 12.1. The summed E-state index contributed by atoms with van der Waals surface area (Å²) in [5, 5.41) is 10.8. The minimum absolute atomic E-state index is 0.240. The number of nitrogens with zero attached hydrogens (tertiary/aromatic N) is 3. The molecule has 0 saturated heterocycles. The van der Waals surface area contributed by atoms with E-state index in [1.165, 1.54) is 7.11 Å². The third-order valence-corrected chi connectivity index (χ3v) is 3.74. The van der Waals surface area contributed by atoms with Crippen molar-refractivity contribution in [3.05, 3.63) is 54.4 Å². The van der Waals surface area contributed by atoms with E-state index in [1.807, 2.05) is 35.9 Å². The van der Waals surface area contributed by atoms with E-state index in [1.54, 1.807) is 31.6 Å². The first kappa shape index (κ1) is 16.5. The van der Waals surface area contributed by atoms with Crippen LogP contribution in [0.25, 0.3) is 11.4 Å². The highest BCUT2D eigenvalue weighted by atomic mass is 16.5. The van der Waals surface area contributed by atoms with Gasteiger partial charge in [-0.15, -0.1) is 10.2 Å². The molecule has 2 aromatic carbocycles. The normalized spacial score (nSPS) is 10.4. The van der Waals surface area contributed by atoms with E-state index in [4.69, 9.17) is 9.47 Å². The molecule has 0 aliphatic rings. The van der Waals surface area contributed by atoms with Crippen molar-refractivity contribution in [2.45, 2.75) is 0 Å². The van der Waals surface area contributed by atoms with Gasteiger partial charge >= 0.3 is 0 Å². The lowest BCUT2D eigenvalue weighted by atomic mass is 10.1. The van der Waals surface area contributed by atoms with Crippen molar-refractivity contribution >= 4 is 11.6 Å². The second kappa shape index (κ2) is 7.04. The number of carbonyl (C=O) groups is 1. The van der Waals surface area contributed by atoms with Crippen LogP contribution >= 0.6 is 0 Å². The van der Waals surface area contributed by atoms with Gasteiger partial charge in [-0.2, -0.15) is 0 Å². The lowest BCUT2D eigenvalue weighted by molar-refractivity contribution is 0.102. The number of hydrogen-bond acceptors (Lipinski definition) is 5. The number of benzene rings is 2. The molecule has 1 heterocycles. The van der Waals surface area contributed by atoms with Crippen molar-refractivity contribution in [3.63, 3.8) is 0 Å². The van der Waals surface area contributed by atoms with Crippen LogP contribution in [0.1, 0.15) is 10.4 Å². The molecule has 1 amide bonds. The minimum atomic E-state index is -0.240. The summed E-state index contributed by atoms with van der Waals surface area (Å²) in [4.78, 5) is 12.5. The van der Waals surface area contributed by atoms with Gasteiger partial charge in [0.15, 0.2) is 17.3 Å². The molecule has 1 N–H and O–H groups in total. The van der Waals surface area contributed by atoms with Gasteiger partial charge in [-0.3, -0.25) is 4.79 Å². The third-order valence-electron chi connectivity index (χ3n) is 3.74. The van der Waals surface area contributed by atoms with Crippen molar-refractivity contribution in [1.82, 2.24) is 14.8 Å². The van der Waals surface area contributed by atoms with Gasteiger partial charge in [-0.25, -0.2) is 0 Å². The van der Waals surface area contributed by atoms with Gasteiger partial charge in [0.05, 0.1) is 14.2 Å². The molecule has 0 bridgehead atoms. The summed E-state index contributed by atoms with van der Waals surface area (Å²) in [5.74, 6) is 1.56. The molecule has 0 spiro atoms. The number of nitrogens with one attached hydrogen (secondary N) is 1. The molecule has 0 unspecified atom stereocenters. The van der Waals surface area contributed by atoms with Crippen molar-refractivity contribution in [2.75, 3.05) is 19.5 Å². The molecule has 7 heteroatoms. The molecule has 3 rings (SSSR count). The van der Waals surface area contributed by atoms with Crippen LogP contribution < -0.4 is 14.8 Å². The van der Waals surface area contributed by atoms with Crippen LogP contribution in [0.5, 0.6) is 11.5 Å². The molecular formula is C18H18N4O3. The molecule has 0 atom stereocenters. The quantitative estimate of drug-likeness (QED) is 0.774. The van der Waals surface area contributed by atoms with Crippen molar-refractivity contribution in [1.29, 1.82) is 0 Å². The average Bonchev–Trinajstić information content (AvgIpc) is 3.07. The molecule has 0 aliphatic carbocycles. The van der Waals surface area contributed by atoms with E-state index < -0.39 is 0 Å². The van der Waals surface area contributed by atoms with Crippen LogP contribution in [0.3, 0.4) is 0 Å². The zero-order valence-electron chi connectivity index (χ0n) is 14.2. The maximum absolute atomic E-state index is 12.5. The maximum Gasteiger partial charge on any atom is 0.255 e. The van der Waals surface area contributed by atoms with Crippen LogP contribution in [0.4, 0.5) is 5.69 Å². The fourth-order valence-corrected chi connectivity index (χ4v) is 2.46. The van der Waals surface area contributed by atoms with E-state index in [-0.39, 0.29) is 5.91 Å². The molecule has 0 aliphatic heterocycles. The van der Waals surface area contributed by atoms with Gasteiger partial charge in [0, 0.05) is 23.9 Å². The highest BCUT2D eigenvalue weighted by molar-refractivity contribution is 6.04. The van der Waals surface area contributed by atoms with E-state index in [0.717, 1.165) is 11.4 Å². The number of rotatable bonds is 5. The Hall–Kier alpha value is -3.35. The summed E-state index contributed by atoms with van der Waals surface area (Å²) in [5.41, 5.74) is 2.01. The summed E-state index contributed by atoms with van der Waals surface area (Å²) < 4.78 is 12.2.